The average molecular weight is 336 g/mol. The van der Waals surface area contributed by atoms with Crippen LogP contribution in [0.2, 0.25) is 0 Å². The largest absolute Gasteiger partial charge is 0.480 e. The Bertz CT molecular complexity index is 1100. The molecule has 0 saturated heterocycles. The quantitative estimate of drug-likeness (QED) is 0.398. The van der Waals surface area contributed by atoms with Gasteiger partial charge in [0.05, 0.1) is 0 Å². The monoisotopic (exact) mass is 336 g/mol. The molecule has 0 aromatic heterocycles. The van der Waals surface area contributed by atoms with Crippen LogP contribution in [0, 0.1) is 11.8 Å². The van der Waals surface area contributed by atoms with Crippen LogP contribution in [0.3, 0.4) is 0 Å². The van der Waals surface area contributed by atoms with E-state index in [0.29, 0.717) is 13.2 Å². The van der Waals surface area contributed by atoms with Gasteiger partial charge in [0.2, 0.25) is 0 Å². The maximum atomic E-state index is 6.05. The molecule has 0 atom stereocenters. The minimum atomic E-state index is 0.356. The van der Waals surface area contributed by atoms with E-state index in [9.17, 15) is 0 Å². The van der Waals surface area contributed by atoms with Crippen molar-refractivity contribution in [2.45, 2.75) is 0 Å². The Morgan fingerprint density at radius 3 is 1.50 bits per heavy atom. The number of rotatable bonds is 0. The molecule has 1 aliphatic heterocycles. The number of hydrogen-bond donors (Lipinski definition) is 0. The van der Waals surface area contributed by atoms with Gasteiger partial charge in [-0.05, 0) is 33.7 Å². The molecule has 0 amide bonds. The summed E-state index contributed by atoms with van der Waals surface area (Å²) in [6.45, 7) is 0.712. The summed E-state index contributed by atoms with van der Waals surface area (Å²) in [5, 5.41) is 4.66. The van der Waals surface area contributed by atoms with Gasteiger partial charge in [-0.3, -0.25) is 0 Å². The molecule has 0 N–H and O–H groups in total. The first-order chi connectivity index (χ1) is 12.9. The third kappa shape index (κ3) is 2.37. The number of ether oxygens (including phenoxy) is 2. The minimum Gasteiger partial charge on any atom is -0.480 e. The van der Waals surface area contributed by atoms with E-state index in [1.54, 1.807) is 0 Å². The van der Waals surface area contributed by atoms with Crippen LogP contribution >= 0.6 is 0 Å². The first kappa shape index (κ1) is 14.9. The molecule has 2 heteroatoms. The van der Waals surface area contributed by atoms with E-state index in [4.69, 9.17) is 9.47 Å². The van der Waals surface area contributed by atoms with Crippen LogP contribution in [-0.2, 0) is 0 Å². The van der Waals surface area contributed by atoms with Gasteiger partial charge in [0, 0.05) is 11.1 Å². The molecule has 124 valence electrons. The van der Waals surface area contributed by atoms with Gasteiger partial charge in [-0.25, -0.2) is 0 Å². The smallest absolute Gasteiger partial charge is 0.149 e. The Kier molecular flexibility index (Phi) is 3.50. The van der Waals surface area contributed by atoms with E-state index >= 15 is 0 Å². The second kappa shape index (κ2) is 6.13. The van der Waals surface area contributed by atoms with Gasteiger partial charge < -0.3 is 9.47 Å². The molecule has 0 saturated carbocycles. The van der Waals surface area contributed by atoms with Gasteiger partial charge in [-0.2, -0.15) is 0 Å². The minimum absolute atomic E-state index is 0.356. The first-order valence-electron chi connectivity index (χ1n) is 8.67. The van der Waals surface area contributed by atoms with E-state index in [0.717, 1.165) is 33.4 Å². The Balaban J connectivity index is 1.96. The number of hydrogen-bond acceptors (Lipinski definition) is 2. The van der Waals surface area contributed by atoms with Crippen molar-refractivity contribution < 1.29 is 9.47 Å². The van der Waals surface area contributed by atoms with Crippen LogP contribution in [0.15, 0.2) is 72.8 Å². The average Bonchev–Trinajstić information content (AvgIpc) is 2.70. The van der Waals surface area contributed by atoms with Gasteiger partial charge >= 0.3 is 0 Å². The van der Waals surface area contributed by atoms with Crippen molar-refractivity contribution in [3.63, 3.8) is 0 Å². The van der Waals surface area contributed by atoms with E-state index in [2.05, 4.69) is 72.5 Å². The van der Waals surface area contributed by atoms with Gasteiger partial charge in [0.25, 0.3) is 0 Å². The summed E-state index contributed by atoms with van der Waals surface area (Å²) in [6.07, 6.45) is 0. The Labute approximate surface area is 152 Å². The van der Waals surface area contributed by atoms with Crippen LogP contribution in [-0.4, -0.2) is 13.2 Å². The molecule has 2 nitrogen and oxygen atoms in total. The first-order valence-corrected chi connectivity index (χ1v) is 8.67. The van der Waals surface area contributed by atoms with E-state index < -0.39 is 0 Å². The molecule has 1 aliphatic rings. The summed E-state index contributed by atoms with van der Waals surface area (Å²) >= 11 is 0. The summed E-state index contributed by atoms with van der Waals surface area (Å²) in [4.78, 5) is 0. The molecule has 26 heavy (non-hydrogen) atoms. The summed E-state index contributed by atoms with van der Waals surface area (Å²) < 4.78 is 12.1. The molecule has 5 rings (SSSR count). The van der Waals surface area contributed by atoms with Gasteiger partial charge in [0.1, 0.15) is 24.7 Å². The summed E-state index contributed by atoms with van der Waals surface area (Å²) in [5.41, 5.74) is 2.14. The fourth-order valence-electron chi connectivity index (χ4n) is 3.59. The second-order valence-electron chi connectivity index (χ2n) is 6.25. The molecule has 0 unspecified atom stereocenters. The standard InChI is InChI=1S/C24H16O2/c1-3-9-19-17(7-1)11-13-21-23(19)24-20-10-4-2-8-18(20)12-14-22(24)26-16-6-5-15-25-21/h1-4,7-14H,15-16H2. The van der Waals surface area contributed by atoms with Crippen molar-refractivity contribution in [3.8, 4) is 34.5 Å². The zero-order chi connectivity index (χ0) is 17.3. The zero-order valence-corrected chi connectivity index (χ0v) is 14.2. The van der Waals surface area contributed by atoms with Crippen molar-refractivity contribution in [3.05, 3.63) is 72.8 Å². The number of fused-ring (bicyclic) bond motifs is 7. The SMILES string of the molecule is C1#CCOc2ccc3ccccc3c2-c2c(ccc3ccccc23)OC1. The normalized spacial score (nSPS) is 12.9. The third-order valence-corrected chi connectivity index (χ3v) is 4.76. The van der Waals surface area contributed by atoms with E-state index in [-0.39, 0.29) is 0 Å². The molecule has 0 bridgehead atoms. The lowest BCUT2D eigenvalue weighted by molar-refractivity contribution is 0.359. The fourth-order valence-corrected chi connectivity index (χ4v) is 3.59. The van der Waals surface area contributed by atoms with Crippen molar-refractivity contribution >= 4 is 21.5 Å². The highest BCUT2D eigenvalue weighted by molar-refractivity contribution is 6.09. The molecule has 4 aromatic carbocycles. The van der Waals surface area contributed by atoms with Crippen molar-refractivity contribution in [2.75, 3.05) is 13.2 Å². The van der Waals surface area contributed by atoms with Crippen LogP contribution in [0.1, 0.15) is 0 Å². The molecular formula is C24H16O2. The highest BCUT2D eigenvalue weighted by Gasteiger charge is 2.19. The predicted octanol–water partition coefficient (Wildman–Crippen LogP) is 5.43. The lowest BCUT2D eigenvalue weighted by Gasteiger charge is -2.19. The Morgan fingerprint density at radius 2 is 1.00 bits per heavy atom. The second-order valence-corrected chi connectivity index (χ2v) is 6.25. The maximum Gasteiger partial charge on any atom is 0.149 e. The lowest BCUT2D eigenvalue weighted by atomic mass is 9.92. The van der Waals surface area contributed by atoms with Gasteiger partial charge in [0.15, 0.2) is 0 Å². The van der Waals surface area contributed by atoms with Crippen LogP contribution in [0.4, 0.5) is 0 Å². The van der Waals surface area contributed by atoms with Crippen LogP contribution < -0.4 is 9.47 Å². The van der Waals surface area contributed by atoms with Crippen LogP contribution in [0.5, 0.6) is 11.5 Å². The molecule has 4 aromatic rings. The Morgan fingerprint density at radius 1 is 0.538 bits per heavy atom. The fraction of sp³-hybridized carbons (Fsp3) is 0.0833. The zero-order valence-electron chi connectivity index (χ0n) is 14.2. The van der Waals surface area contributed by atoms with Crippen LogP contribution in [0.25, 0.3) is 32.7 Å². The summed E-state index contributed by atoms with van der Waals surface area (Å²) in [6, 6.07) is 25.0. The maximum absolute atomic E-state index is 6.05. The van der Waals surface area contributed by atoms with Gasteiger partial charge in [-0.1, -0.05) is 72.5 Å². The van der Waals surface area contributed by atoms with Crippen molar-refractivity contribution in [1.29, 1.82) is 0 Å². The molecule has 0 aliphatic carbocycles. The molecule has 1 heterocycles. The van der Waals surface area contributed by atoms with Crippen molar-refractivity contribution in [1.82, 2.24) is 0 Å². The van der Waals surface area contributed by atoms with Gasteiger partial charge in [-0.15, -0.1) is 0 Å². The third-order valence-electron chi connectivity index (χ3n) is 4.76. The number of benzene rings is 4. The Hall–Kier alpha value is -3.44. The van der Waals surface area contributed by atoms with Crippen molar-refractivity contribution in [2.24, 2.45) is 0 Å². The summed E-state index contributed by atoms with van der Waals surface area (Å²) in [7, 11) is 0. The molecule has 0 radical (unpaired) electrons. The predicted molar refractivity (Wildman–Crippen MR) is 106 cm³/mol. The topological polar surface area (TPSA) is 18.5 Å². The molecule has 0 spiro atoms. The molecule has 0 fully saturated rings. The molecular weight excluding hydrogens is 320 g/mol. The van der Waals surface area contributed by atoms with E-state index in [1.165, 1.54) is 10.8 Å². The lowest BCUT2D eigenvalue weighted by Crippen LogP contribution is -2.03. The summed E-state index contributed by atoms with van der Waals surface area (Å²) in [5.74, 6) is 7.70. The highest BCUT2D eigenvalue weighted by Crippen LogP contribution is 2.45. The van der Waals surface area contributed by atoms with E-state index in [1.807, 2.05) is 12.1 Å². The highest BCUT2D eigenvalue weighted by atomic mass is 16.5.